The Morgan fingerprint density at radius 1 is 1.53 bits per heavy atom. The maximum Gasteiger partial charge on any atom is 0.255 e. The van der Waals surface area contributed by atoms with E-state index in [-0.39, 0.29) is 12.5 Å². The summed E-state index contributed by atoms with van der Waals surface area (Å²) in [5.74, 6) is 0.570. The molecule has 1 aliphatic rings. The monoisotopic (exact) mass is 237 g/mol. The standard InChI is InChI=1S/C13H19NO3/c1-2-11-10(5-8-17-11)12(16)14-13(9-15)6-3-4-7-13/h5,8,15H,2-4,6-7,9H2,1H3,(H,14,16). The highest BCUT2D eigenvalue weighted by molar-refractivity contribution is 5.95. The summed E-state index contributed by atoms with van der Waals surface area (Å²) < 4.78 is 5.24. The third-order valence-electron chi connectivity index (χ3n) is 3.55. The minimum atomic E-state index is -0.417. The van der Waals surface area contributed by atoms with Crippen LogP contribution in [0.2, 0.25) is 0 Å². The van der Waals surface area contributed by atoms with Crippen molar-refractivity contribution < 1.29 is 14.3 Å². The number of aryl methyl sites for hydroxylation is 1. The topological polar surface area (TPSA) is 62.5 Å². The van der Waals surface area contributed by atoms with E-state index >= 15 is 0 Å². The van der Waals surface area contributed by atoms with Crippen molar-refractivity contribution in [2.24, 2.45) is 0 Å². The molecule has 0 radical (unpaired) electrons. The van der Waals surface area contributed by atoms with Crippen LogP contribution in [0.25, 0.3) is 0 Å². The van der Waals surface area contributed by atoms with Gasteiger partial charge in [0.1, 0.15) is 5.76 Å². The molecule has 2 rings (SSSR count). The molecule has 4 heteroatoms. The smallest absolute Gasteiger partial charge is 0.255 e. The van der Waals surface area contributed by atoms with Crippen LogP contribution in [-0.4, -0.2) is 23.2 Å². The zero-order valence-corrected chi connectivity index (χ0v) is 10.2. The van der Waals surface area contributed by atoms with Crippen LogP contribution < -0.4 is 5.32 Å². The van der Waals surface area contributed by atoms with Gasteiger partial charge >= 0.3 is 0 Å². The Morgan fingerprint density at radius 3 is 2.82 bits per heavy atom. The predicted octanol–water partition coefficient (Wildman–Crippen LogP) is 1.88. The second-order valence-corrected chi connectivity index (χ2v) is 4.71. The quantitative estimate of drug-likeness (QED) is 0.840. The summed E-state index contributed by atoms with van der Waals surface area (Å²) in [7, 11) is 0. The number of amides is 1. The van der Waals surface area contributed by atoms with Gasteiger partial charge in [-0.05, 0) is 18.9 Å². The van der Waals surface area contributed by atoms with Gasteiger partial charge in [-0.15, -0.1) is 0 Å². The van der Waals surface area contributed by atoms with Crippen LogP contribution in [0.1, 0.15) is 48.7 Å². The molecule has 94 valence electrons. The Hall–Kier alpha value is -1.29. The number of hydrogen-bond acceptors (Lipinski definition) is 3. The van der Waals surface area contributed by atoms with E-state index in [9.17, 15) is 9.90 Å². The summed E-state index contributed by atoms with van der Waals surface area (Å²) in [6.45, 7) is 1.96. The van der Waals surface area contributed by atoms with Gasteiger partial charge in [-0.25, -0.2) is 0 Å². The number of furan rings is 1. The van der Waals surface area contributed by atoms with Gasteiger partial charge in [0, 0.05) is 6.42 Å². The number of aliphatic hydroxyl groups excluding tert-OH is 1. The maximum absolute atomic E-state index is 12.1. The second-order valence-electron chi connectivity index (χ2n) is 4.71. The average Bonchev–Trinajstić information content (AvgIpc) is 2.97. The van der Waals surface area contributed by atoms with E-state index in [0.717, 1.165) is 25.7 Å². The van der Waals surface area contributed by atoms with E-state index in [0.29, 0.717) is 17.7 Å². The number of nitrogens with one attached hydrogen (secondary N) is 1. The summed E-state index contributed by atoms with van der Waals surface area (Å²) in [5, 5.41) is 12.4. The number of carbonyl (C=O) groups is 1. The zero-order valence-electron chi connectivity index (χ0n) is 10.2. The minimum Gasteiger partial charge on any atom is -0.469 e. The summed E-state index contributed by atoms with van der Waals surface area (Å²) in [6, 6.07) is 1.69. The van der Waals surface area contributed by atoms with Crippen LogP contribution in [0.15, 0.2) is 16.7 Å². The molecule has 1 aliphatic carbocycles. The predicted molar refractivity (Wildman–Crippen MR) is 63.8 cm³/mol. The highest BCUT2D eigenvalue weighted by Crippen LogP contribution is 2.29. The molecule has 0 aliphatic heterocycles. The Labute approximate surface area is 101 Å². The fourth-order valence-electron chi connectivity index (χ4n) is 2.50. The van der Waals surface area contributed by atoms with Crippen molar-refractivity contribution in [2.45, 2.75) is 44.6 Å². The molecule has 0 atom stereocenters. The average molecular weight is 237 g/mol. The van der Waals surface area contributed by atoms with Gasteiger partial charge in [-0.1, -0.05) is 19.8 Å². The molecule has 1 aromatic rings. The number of carbonyl (C=O) groups excluding carboxylic acids is 1. The van der Waals surface area contributed by atoms with Gasteiger partial charge in [0.15, 0.2) is 0 Å². The molecular formula is C13H19NO3. The van der Waals surface area contributed by atoms with Gasteiger partial charge in [0.05, 0.1) is 24.0 Å². The summed E-state index contributed by atoms with van der Waals surface area (Å²) >= 11 is 0. The van der Waals surface area contributed by atoms with Crippen molar-refractivity contribution in [1.29, 1.82) is 0 Å². The fourth-order valence-corrected chi connectivity index (χ4v) is 2.50. The third kappa shape index (κ3) is 2.36. The van der Waals surface area contributed by atoms with Gasteiger partial charge in [-0.2, -0.15) is 0 Å². The van der Waals surface area contributed by atoms with Crippen molar-refractivity contribution in [2.75, 3.05) is 6.61 Å². The molecule has 0 spiro atoms. The van der Waals surface area contributed by atoms with Crippen LogP contribution >= 0.6 is 0 Å². The van der Waals surface area contributed by atoms with E-state index in [1.807, 2.05) is 6.92 Å². The van der Waals surface area contributed by atoms with Gasteiger partial charge in [0.25, 0.3) is 5.91 Å². The molecule has 0 unspecified atom stereocenters. The molecule has 4 nitrogen and oxygen atoms in total. The molecule has 1 heterocycles. The Morgan fingerprint density at radius 2 is 2.24 bits per heavy atom. The van der Waals surface area contributed by atoms with E-state index in [2.05, 4.69) is 5.32 Å². The maximum atomic E-state index is 12.1. The highest BCUT2D eigenvalue weighted by Gasteiger charge is 2.35. The lowest BCUT2D eigenvalue weighted by Crippen LogP contribution is -2.49. The minimum absolute atomic E-state index is 0.0120. The van der Waals surface area contributed by atoms with Gasteiger partial charge in [0.2, 0.25) is 0 Å². The molecule has 0 saturated heterocycles. The summed E-state index contributed by atoms with van der Waals surface area (Å²) in [5.41, 5.74) is 0.173. The lowest BCUT2D eigenvalue weighted by atomic mass is 9.98. The molecule has 1 amide bonds. The Balaban J connectivity index is 2.11. The van der Waals surface area contributed by atoms with Gasteiger partial charge in [-0.3, -0.25) is 4.79 Å². The van der Waals surface area contributed by atoms with Crippen LogP contribution in [-0.2, 0) is 6.42 Å². The van der Waals surface area contributed by atoms with Crippen LogP contribution in [0.4, 0.5) is 0 Å². The number of aliphatic hydroxyl groups is 1. The Bertz CT molecular complexity index is 391. The van der Waals surface area contributed by atoms with Crippen molar-refractivity contribution in [3.05, 3.63) is 23.7 Å². The first-order valence-electron chi connectivity index (χ1n) is 6.20. The van der Waals surface area contributed by atoms with E-state index in [1.165, 1.54) is 6.26 Å². The lowest BCUT2D eigenvalue weighted by Gasteiger charge is -2.27. The summed E-state index contributed by atoms with van der Waals surface area (Å²) in [6.07, 6.45) is 6.07. The molecule has 17 heavy (non-hydrogen) atoms. The lowest BCUT2D eigenvalue weighted by molar-refractivity contribution is 0.0836. The number of hydrogen-bond donors (Lipinski definition) is 2. The van der Waals surface area contributed by atoms with Crippen molar-refractivity contribution in [3.8, 4) is 0 Å². The van der Waals surface area contributed by atoms with Crippen molar-refractivity contribution in [3.63, 3.8) is 0 Å². The van der Waals surface area contributed by atoms with E-state index in [1.54, 1.807) is 6.07 Å². The molecule has 1 aromatic heterocycles. The highest BCUT2D eigenvalue weighted by atomic mass is 16.3. The van der Waals surface area contributed by atoms with E-state index in [4.69, 9.17) is 4.42 Å². The fraction of sp³-hybridized carbons (Fsp3) is 0.615. The van der Waals surface area contributed by atoms with Crippen molar-refractivity contribution >= 4 is 5.91 Å². The third-order valence-corrected chi connectivity index (χ3v) is 3.55. The molecular weight excluding hydrogens is 218 g/mol. The largest absolute Gasteiger partial charge is 0.469 e. The zero-order chi connectivity index (χ0) is 12.3. The van der Waals surface area contributed by atoms with Gasteiger partial charge < -0.3 is 14.8 Å². The van der Waals surface area contributed by atoms with Crippen LogP contribution in [0.5, 0.6) is 0 Å². The summed E-state index contributed by atoms with van der Waals surface area (Å²) in [4.78, 5) is 12.1. The molecule has 1 saturated carbocycles. The second kappa shape index (κ2) is 4.92. The molecule has 2 N–H and O–H groups in total. The number of rotatable bonds is 4. The first kappa shape index (κ1) is 12.2. The first-order chi connectivity index (χ1) is 8.21. The Kier molecular flexibility index (Phi) is 3.52. The normalized spacial score (nSPS) is 18.2. The molecule has 1 fully saturated rings. The van der Waals surface area contributed by atoms with Crippen LogP contribution in [0, 0.1) is 0 Å². The van der Waals surface area contributed by atoms with E-state index < -0.39 is 5.54 Å². The molecule has 0 aromatic carbocycles. The van der Waals surface area contributed by atoms with Crippen LogP contribution in [0.3, 0.4) is 0 Å². The van der Waals surface area contributed by atoms with Crippen molar-refractivity contribution in [1.82, 2.24) is 5.32 Å². The SMILES string of the molecule is CCc1occc1C(=O)NC1(CO)CCCC1. The first-order valence-corrected chi connectivity index (χ1v) is 6.20. The molecule has 0 bridgehead atoms.